The van der Waals surface area contributed by atoms with Gasteiger partial charge in [0.2, 0.25) is 5.91 Å². The molecule has 3 rings (SSSR count). The zero-order valence-electron chi connectivity index (χ0n) is 12.5. The van der Waals surface area contributed by atoms with Crippen molar-refractivity contribution in [2.75, 3.05) is 19.7 Å². The Labute approximate surface area is 137 Å². The minimum Gasteiger partial charge on any atom is -0.486 e. The fourth-order valence-corrected chi connectivity index (χ4v) is 3.13. The van der Waals surface area contributed by atoms with Gasteiger partial charge in [-0.1, -0.05) is 25.0 Å². The molecule has 2 aliphatic rings. The summed E-state index contributed by atoms with van der Waals surface area (Å²) in [6.07, 6.45) is 3.79. The minimum absolute atomic E-state index is 0. The molecule has 1 amide bonds. The van der Waals surface area contributed by atoms with Crippen LogP contribution < -0.4 is 20.5 Å². The molecular weight excluding hydrogens is 304 g/mol. The lowest BCUT2D eigenvalue weighted by Crippen LogP contribution is -2.48. The Hall–Kier alpha value is -1.46. The first-order chi connectivity index (χ1) is 10.2. The molecule has 5 nitrogen and oxygen atoms in total. The van der Waals surface area contributed by atoms with Crippen LogP contribution in [0.5, 0.6) is 11.5 Å². The van der Waals surface area contributed by atoms with Crippen LogP contribution in [0.1, 0.15) is 25.7 Å². The van der Waals surface area contributed by atoms with Crippen molar-refractivity contribution in [1.82, 2.24) is 5.32 Å². The van der Waals surface area contributed by atoms with E-state index in [0.29, 0.717) is 19.7 Å². The lowest BCUT2D eigenvalue weighted by molar-refractivity contribution is -0.130. The molecule has 0 spiro atoms. The van der Waals surface area contributed by atoms with Crippen molar-refractivity contribution in [3.8, 4) is 11.5 Å². The quantitative estimate of drug-likeness (QED) is 0.886. The molecule has 1 aliphatic carbocycles. The lowest BCUT2D eigenvalue weighted by Gasteiger charge is -2.29. The van der Waals surface area contributed by atoms with Gasteiger partial charge in [-0.2, -0.15) is 0 Å². The van der Waals surface area contributed by atoms with Crippen LogP contribution in [0, 0.1) is 5.41 Å². The maximum atomic E-state index is 12.4. The molecule has 22 heavy (non-hydrogen) atoms. The van der Waals surface area contributed by atoms with Crippen LogP contribution in [-0.4, -0.2) is 31.7 Å². The molecule has 1 aliphatic heterocycles. The monoisotopic (exact) mass is 326 g/mol. The average molecular weight is 327 g/mol. The molecule has 3 N–H and O–H groups in total. The van der Waals surface area contributed by atoms with E-state index in [-0.39, 0.29) is 29.8 Å². The first-order valence-electron chi connectivity index (χ1n) is 7.60. The number of carbonyl (C=O) groups excluding carboxylic acids is 1. The molecule has 1 heterocycles. The van der Waals surface area contributed by atoms with Crippen molar-refractivity contribution < 1.29 is 14.3 Å². The zero-order valence-corrected chi connectivity index (χ0v) is 13.4. The topological polar surface area (TPSA) is 73.6 Å². The average Bonchev–Trinajstić information content (AvgIpc) is 3.02. The third-order valence-corrected chi connectivity index (χ3v) is 4.49. The van der Waals surface area contributed by atoms with Crippen molar-refractivity contribution in [1.29, 1.82) is 0 Å². The first kappa shape index (κ1) is 16.9. The molecule has 0 aromatic heterocycles. The predicted molar refractivity (Wildman–Crippen MR) is 86.6 cm³/mol. The Balaban J connectivity index is 0.00000176. The summed E-state index contributed by atoms with van der Waals surface area (Å²) < 4.78 is 11.5. The molecule has 1 aromatic rings. The highest BCUT2D eigenvalue weighted by molar-refractivity contribution is 5.85. The summed E-state index contributed by atoms with van der Waals surface area (Å²) in [7, 11) is 0. The van der Waals surface area contributed by atoms with Gasteiger partial charge in [0.1, 0.15) is 12.7 Å². The second kappa shape index (κ2) is 7.20. The van der Waals surface area contributed by atoms with E-state index in [4.69, 9.17) is 15.2 Å². The van der Waals surface area contributed by atoms with E-state index < -0.39 is 0 Å². The first-order valence-corrected chi connectivity index (χ1v) is 7.60. The number of amides is 1. The molecule has 1 atom stereocenters. The number of nitrogens with one attached hydrogen (secondary N) is 1. The van der Waals surface area contributed by atoms with E-state index >= 15 is 0 Å². The molecular formula is C16H23ClN2O3. The SMILES string of the molecule is Cl.NCC1(C(=O)NCC2COc3ccccc3O2)CCCC1. The lowest BCUT2D eigenvalue weighted by atomic mass is 9.85. The van der Waals surface area contributed by atoms with Gasteiger partial charge >= 0.3 is 0 Å². The third-order valence-electron chi connectivity index (χ3n) is 4.49. The number of fused-ring (bicyclic) bond motifs is 1. The summed E-state index contributed by atoms with van der Waals surface area (Å²) in [4.78, 5) is 12.4. The van der Waals surface area contributed by atoms with Gasteiger partial charge in [-0.3, -0.25) is 4.79 Å². The number of para-hydroxylation sites is 2. The van der Waals surface area contributed by atoms with Gasteiger partial charge in [-0.05, 0) is 25.0 Å². The molecule has 1 unspecified atom stereocenters. The Morgan fingerprint density at radius 3 is 2.64 bits per heavy atom. The van der Waals surface area contributed by atoms with Gasteiger partial charge in [0.05, 0.1) is 12.0 Å². The molecule has 122 valence electrons. The van der Waals surface area contributed by atoms with E-state index in [1.54, 1.807) is 0 Å². The largest absolute Gasteiger partial charge is 0.486 e. The van der Waals surface area contributed by atoms with Gasteiger partial charge in [0.25, 0.3) is 0 Å². The number of ether oxygens (including phenoxy) is 2. The number of rotatable bonds is 4. The maximum Gasteiger partial charge on any atom is 0.227 e. The molecule has 1 fully saturated rings. The van der Waals surface area contributed by atoms with Gasteiger partial charge < -0.3 is 20.5 Å². The van der Waals surface area contributed by atoms with Crippen LogP contribution in [0.15, 0.2) is 24.3 Å². The van der Waals surface area contributed by atoms with Crippen LogP contribution in [-0.2, 0) is 4.79 Å². The van der Waals surface area contributed by atoms with Crippen molar-refractivity contribution in [3.05, 3.63) is 24.3 Å². The van der Waals surface area contributed by atoms with Crippen molar-refractivity contribution in [2.24, 2.45) is 11.1 Å². The Morgan fingerprint density at radius 2 is 1.95 bits per heavy atom. The fourth-order valence-electron chi connectivity index (χ4n) is 3.13. The number of benzene rings is 1. The molecule has 6 heteroatoms. The second-order valence-corrected chi connectivity index (χ2v) is 5.90. The summed E-state index contributed by atoms with van der Waals surface area (Å²) in [5, 5.41) is 2.99. The molecule has 1 saturated carbocycles. The summed E-state index contributed by atoms with van der Waals surface area (Å²) in [6, 6.07) is 7.58. The summed E-state index contributed by atoms with van der Waals surface area (Å²) in [6.45, 7) is 1.32. The van der Waals surface area contributed by atoms with E-state index in [9.17, 15) is 4.79 Å². The highest BCUT2D eigenvalue weighted by Gasteiger charge is 2.40. The van der Waals surface area contributed by atoms with Crippen molar-refractivity contribution >= 4 is 18.3 Å². The Bertz CT molecular complexity index is 518. The molecule has 0 saturated heterocycles. The molecule has 0 radical (unpaired) electrons. The van der Waals surface area contributed by atoms with E-state index in [0.717, 1.165) is 37.2 Å². The van der Waals surface area contributed by atoms with E-state index in [2.05, 4.69) is 5.32 Å². The number of hydrogen-bond acceptors (Lipinski definition) is 4. The van der Waals surface area contributed by atoms with E-state index in [1.165, 1.54) is 0 Å². The van der Waals surface area contributed by atoms with Crippen LogP contribution >= 0.6 is 12.4 Å². The standard InChI is InChI=1S/C16H22N2O3.ClH/c17-11-16(7-3-4-8-16)15(19)18-9-12-10-20-13-5-1-2-6-14(13)21-12;/h1-2,5-6,12H,3-4,7-11,17H2,(H,18,19);1H. The number of halogens is 1. The number of nitrogens with two attached hydrogens (primary N) is 1. The Kier molecular flexibility index (Phi) is 5.53. The summed E-state index contributed by atoms with van der Waals surface area (Å²) in [5.74, 6) is 1.55. The fraction of sp³-hybridized carbons (Fsp3) is 0.562. The van der Waals surface area contributed by atoms with Crippen molar-refractivity contribution in [3.63, 3.8) is 0 Å². The van der Waals surface area contributed by atoms with Crippen molar-refractivity contribution in [2.45, 2.75) is 31.8 Å². The maximum absolute atomic E-state index is 12.4. The van der Waals surface area contributed by atoms with Crippen LogP contribution in [0.2, 0.25) is 0 Å². The van der Waals surface area contributed by atoms with Gasteiger partial charge in [0.15, 0.2) is 11.5 Å². The van der Waals surface area contributed by atoms with Crippen LogP contribution in [0.3, 0.4) is 0 Å². The highest BCUT2D eigenvalue weighted by atomic mass is 35.5. The Morgan fingerprint density at radius 1 is 1.27 bits per heavy atom. The predicted octanol–water partition coefficient (Wildman–Crippen LogP) is 1.88. The second-order valence-electron chi connectivity index (χ2n) is 5.90. The van der Waals surface area contributed by atoms with Gasteiger partial charge in [0, 0.05) is 6.54 Å². The minimum atomic E-state index is -0.368. The van der Waals surface area contributed by atoms with E-state index in [1.807, 2.05) is 24.3 Å². The van der Waals surface area contributed by atoms with Crippen LogP contribution in [0.25, 0.3) is 0 Å². The zero-order chi connectivity index (χ0) is 14.7. The van der Waals surface area contributed by atoms with Crippen LogP contribution in [0.4, 0.5) is 0 Å². The molecule has 0 bridgehead atoms. The number of hydrogen-bond donors (Lipinski definition) is 2. The third kappa shape index (κ3) is 3.31. The normalized spacial score (nSPS) is 21.8. The van der Waals surface area contributed by atoms with Gasteiger partial charge in [-0.25, -0.2) is 0 Å². The van der Waals surface area contributed by atoms with Gasteiger partial charge in [-0.15, -0.1) is 12.4 Å². The summed E-state index contributed by atoms with van der Waals surface area (Å²) in [5.41, 5.74) is 5.46. The highest BCUT2D eigenvalue weighted by Crippen LogP contribution is 2.37. The number of carbonyl (C=O) groups is 1. The molecule has 1 aromatic carbocycles. The summed E-state index contributed by atoms with van der Waals surface area (Å²) >= 11 is 0. The smallest absolute Gasteiger partial charge is 0.227 e.